The van der Waals surface area contributed by atoms with Crippen LogP contribution >= 0.6 is 0 Å². The highest BCUT2D eigenvalue weighted by atomic mass is 19.1. The number of carboxylic acids is 1. The zero-order chi connectivity index (χ0) is 20.5. The lowest BCUT2D eigenvalue weighted by Gasteiger charge is -2.20. The lowest BCUT2D eigenvalue weighted by atomic mass is 9.93. The Bertz CT molecular complexity index is 1080. The first-order valence-corrected chi connectivity index (χ1v) is 9.70. The normalized spacial score (nSPS) is 16.0. The molecule has 3 aromatic rings. The summed E-state index contributed by atoms with van der Waals surface area (Å²) in [6.07, 6.45) is 4.65. The van der Waals surface area contributed by atoms with Crippen LogP contribution in [0.2, 0.25) is 0 Å². The first kappa shape index (κ1) is 19.3. The van der Waals surface area contributed by atoms with E-state index in [0.717, 1.165) is 35.2 Å². The predicted octanol–water partition coefficient (Wildman–Crippen LogP) is 5.01. The molecule has 0 radical (unpaired) electrons. The summed E-state index contributed by atoms with van der Waals surface area (Å²) < 4.78 is 13.4. The van der Waals surface area contributed by atoms with Gasteiger partial charge in [-0.05, 0) is 84.5 Å². The van der Waals surface area contributed by atoms with E-state index in [1.54, 1.807) is 18.3 Å². The van der Waals surface area contributed by atoms with E-state index in [1.807, 2.05) is 13.0 Å². The quantitative estimate of drug-likeness (QED) is 0.665. The number of pyridine rings is 1. The molecule has 1 aliphatic heterocycles. The molecule has 0 aliphatic carbocycles. The topological polar surface area (TPSA) is 53.4 Å². The lowest BCUT2D eigenvalue weighted by molar-refractivity contribution is 0.0695. The number of hydrogen-bond acceptors (Lipinski definition) is 3. The molecule has 0 bridgehead atoms. The van der Waals surface area contributed by atoms with Crippen LogP contribution in [0.4, 0.5) is 4.39 Å². The van der Waals surface area contributed by atoms with Crippen LogP contribution < -0.4 is 0 Å². The summed E-state index contributed by atoms with van der Waals surface area (Å²) in [4.78, 5) is 17.8. The SMILES string of the molecule is Cc1cc(F)ccc1-c1ccc2c(c1)CN(C)[C@@H]2CCc1cnccc1C(=O)O. The third-order valence-electron chi connectivity index (χ3n) is 5.77. The van der Waals surface area contributed by atoms with Gasteiger partial charge >= 0.3 is 5.97 Å². The third-order valence-corrected chi connectivity index (χ3v) is 5.77. The fourth-order valence-corrected chi connectivity index (χ4v) is 4.31. The van der Waals surface area contributed by atoms with Gasteiger partial charge in [0.2, 0.25) is 0 Å². The zero-order valence-corrected chi connectivity index (χ0v) is 16.5. The van der Waals surface area contributed by atoms with Crippen LogP contribution in [0.3, 0.4) is 0 Å². The maximum atomic E-state index is 13.4. The minimum absolute atomic E-state index is 0.219. The number of hydrogen-bond donors (Lipinski definition) is 1. The van der Waals surface area contributed by atoms with Gasteiger partial charge in [0.1, 0.15) is 5.82 Å². The van der Waals surface area contributed by atoms with Crippen LogP contribution in [0.5, 0.6) is 0 Å². The van der Waals surface area contributed by atoms with Gasteiger partial charge in [-0.1, -0.05) is 18.2 Å². The van der Waals surface area contributed by atoms with Crippen LogP contribution in [-0.4, -0.2) is 28.0 Å². The Labute approximate surface area is 169 Å². The van der Waals surface area contributed by atoms with Crippen molar-refractivity contribution in [2.24, 2.45) is 0 Å². The maximum Gasteiger partial charge on any atom is 0.336 e. The molecule has 29 heavy (non-hydrogen) atoms. The molecule has 1 aromatic heterocycles. The number of carboxylic acid groups (broad SMARTS) is 1. The van der Waals surface area contributed by atoms with Crippen molar-refractivity contribution in [1.82, 2.24) is 9.88 Å². The minimum atomic E-state index is -0.915. The Morgan fingerprint density at radius 1 is 1.24 bits per heavy atom. The Balaban J connectivity index is 1.58. The molecule has 0 unspecified atom stereocenters. The molecular weight excluding hydrogens is 367 g/mol. The zero-order valence-electron chi connectivity index (χ0n) is 16.5. The van der Waals surface area contributed by atoms with Crippen molar-refractivity contribution in [2.75, 3.05) is 7.05 Å². The second kappa shape index (κ2) is 7.76. The molecular formula is C24H23FN2O2. The predicted molar refractivity (Wildman–Crippen MR) is 110 cm³/mol. The number of nitrogens with zero attached hydrogens (tertiary/aromatic N) is 2. The molecule has 0 saturated heterocycles. The number of halogens is 1. The smallest absolute Gasteiger partial charge is 0.336 e. The Kier molecular flexibility index (Phi) is 5.16. The van der Waals surface area contributed by atoms with Crippen molar-refractivity contribution >= 4 is 5.97 Å². The van der Waals surface area contributed by atoms with E-state index in [1.165, 1.54) is 23.4 Å². The van der Waals surface area contributed by atoms with Crippen molar-refractivity contribution in [3.05, 3.63) is 88.5 Å². The van der Waals surface area contributed by atoms with Gasteiger partial charge in [-0.2, -0.15) is 0 Å². The van der Waals surface area contributed by atoms with E-state index in [9.17, 15) is 14.3 Å². The second-order valence-corrected chi connectivity index (χ2v) is 7.68. The van der Waals surface area contributed by atoms with E-state index in [4.69, 9.17) is 0 Å². The average molecular weight is 390 g/mol. The van der Waals surface area contributed by atoms with Crippen molar-refractivity contribution in [3.63, 3.8) is 0 Å². The van der Waals surface area contributed by atoms with Gasteiger partial charge in [-0.15, -0.1) is 0 Å². The maximum absolute atomic E-state index is 13.4. The fraction of sp³-hybridized carbons (Fsp3) is 0.250. The Morgan fingerprint density at radius 2 is 2.07 bits per heavy atom. The summed E-state index contributed by atoms with van der Waals surface area (Å²) >= 11 is 0. The van der Waals surface area contributed by atoms with E-state index < -0.39 is 5.97 Å². The molecule has 0 spiro atoms. The third kappa shape index (κ3) is 3.78. The van der Waals surface area contributed by atoms with Gasteiger partial charge in [-0.3, -0.25) is 9.88 Å². The van der Waals surface area contributed by atoms with Gasteiger partial charge < -0.3 is 5.11 Å². The first-order chi connectivity index (χ1) is 13.9. The minimum Gasteiger partial charge on any atom is -0.478 e. The molecule has 0 saturated carbocycles. The number of rotatable bonds is 5. The molecule has 4 nitrogen and oxygen atoms in total. The molecule has 1 N–H and O–H groups in total. The Hall–Kier alpha value is -3.05. The fourth-order valence-electron chi connectivity index (χ4n) is 4.31. The van der Waals surface area contributed by atoms with Gasteiger partial charge in [-0.25, -0.2) is 9.18 Å². The summed E-state index contributed by atoms with van der Waals surface area (Å²) in [5, 5.41) is 9.38. The summed E-state index contributed by atoms with van der Waals surface area (Å²) in [5.41, 5.74) is 6.69. The summed E-state index contributed by atoms with van der Waals surface area (Å²) in [6.45, 7) is 2.77. The molecule has 2 heterocycles. The second-order valence-electron chi connectivity index (χ2n) is 7.68. The standard InChI is InChI=1S/C24H23FN2O2/c1-15-11-19(25)5-7-20(15)16-3-6-21-18(12-16)14-27(2)23(21)8-4-17-13-26-10-9-22(17)24(28)29/h3,5-7,9-13,23H,4,8,14H2,1-2H3,(H,28,29)/t23-/m1/s1. The van der Waals surface area contributed by atoms with E-state index in [2.05, 4.69) is 35.1 Å². The van der Waals surface area contributed by atoms with Gasteiger partial charge in [0.15, 0.2) is 0 Å². The largest absolute Gasteiger partial charge is 0.478 e. The highest BCUT2D eigenvalue weighted by Crippen LogP contribution is 2.38. The number of benzene rings is 2. The van der Waals surface area contributed by atoms with Crippen molar-refractivity contribution in [2.45, 2.75) is 32.4 Å². The first-order valence-electron chi connectivity index (χ1n) is 9.70. The van der Waals surface area contributed by atoms with Gasteiger partial charge in [0.05, 0.1) is 5.56 Å². The van der Waals surface area contributed by atoms with Crippen LogP contribution in [0, 0.1) is 12.7 Å². The summed E-state index contributed by atoms with van der Waals surface area (Å²) in [7, 11) is 2.09. The van der Waals surface area contributed by atoms with Crippen LogP contribution in [0.25, 0.3) is 11.1 Å². The number of aryl methyl sites for hydroxylation is 2. The van der Waals surface area contributed by atoms with Crippen molar-refractivity contribution in [1.29, 1.82) is 0 Å². The van der Waals surface area contributed by atoms with Gasteiger partial charge in [0.25, 0.3) is 0 Å². The molecule has 1 atom stereocenters. The lowest BCUT2D eigenvalue weighted by Crippen LogP contribution is -2.17. The monoisotopic (exact) mass is 390 g/mol. The van der Waals surface area contributed by atoms with E-state index >= 15 is 0 Å². The summed E-state index contributed by atoms with van der Waals surface area (Å²) in [6, 6.07) is 13.1. The van der Waals surface area contributed by atoms with E-state index in [-0.39, 0.29) is 11.9 Å². The van der Waals surface area contributed by atoms with Crippen LogP contribution in [-0.2, 0) is 13.0 Å². The molecule has 0 amide bonds. The summed E-state index contributed by atoms with van der Waals surface area (Å²) in [5.74, 6) is -1.13. The Morgan fingerprint density at radius 3 is 2.83 bits per heavy atom. The number of aromatic nitrogens is 1. The van der Waals surface area contributed by atoms with Crippen molar-refractivity contribution < 1.29 is 14.3 Å². The molecule has 0 fully saturated rings. The molecule has 148 valence electrons. The number of carbonyl (C=O) groups is 1. The highest BCUT2D eigenvalue weighted by molar-refractivity contribution is 5.89. The highest BCUT2D eigenvalue weighted by Gasteiger charge is 2.28. The average Bonchev–Trinajstić information content (AvgIpc) is 3.00. The van der Waals surface area contributed by atoms with Gasteiger partial charge in [0, 0.05) is 25.0 Å². The molecule has 4 rings (SSSR count). The molecule has 2 aromatic carbocycles. The van der Waals surface area contributed by atoms with E-state index in [0.29, 0.717) is 12.0 Å². The van der Waals surface area contributed by atoms with Crippen molar-refractivity contribution in [3.8, 4) is 11.1 Å². The van der Waals surface area contributed by atoms with Crippen LogP contribution in [0.15, 0.2) is 54.9 Å². The molecule has 1 aliphatic rings. The molecule has 5 heteroatoms. The number of fused-ring (bicyclic) bond motifs is 1. The number of aromatic carboxylic acids is 1. The van der Waals surface area contributed by atoms with Crippen LogP contribution in [0.1, 0.15) is 45.1 Å².